The number of thiophene rings is 1. The first-order chi connectivity index (χ1) is 12.1. The fourth-order valence-electron chi connectivity index (χ4n) is 3.12. The number of esters is 1. The summed E-state index contributed by atoms with van der Waals surface area (Å²) in [5, 5.41) is 14.2. The van der Waals surface area contributed by atoms with Crippen LogP contribution in [-0.4, -0.2) is 24.8 Å². The number of fused-ring (bicyclic) bond motifs is 1. The molecular formula is C19H23NO4S. The number of benzene rings is 1. The average molecular weight is 361 g/mol. The number of phenols is 1. The van der Waals surface area contributed by atoms with Gasteiger partial charge in [0.15, 0.2) is 0 Å². The Labute approximate surface area is 151 Å². The fourth-order valence-corrected chi connectivity index (χ4v) is 4.39. The van der Waals surface area contributed by atoms with E-state index in [1.165, 1.54) is 4.88 Å². The van der Waals surface area contributed by atoms with Crippen molar-refractivity contribution in [3.05, 3.63) is 39.8 Å². The van der Waals surface area contributed by atoms with Gasteiger partial charge in [-0.15, -0.1) is 11.3 Å². The monoisotopic (exact) mass is 361 g/mol. The molecule has 0 atom stereocenters. The third-order valence-electron chi connectivity index (χ3n) is 4.38. The summed E-state index contributed by atoms with van der Waals surface area (Å²) in [6.45, 7) is 2.59. The molecule has 0 radical (unpaired) electrons. The largest absolute Gasteiger partial charge is 0.508 e. The Hall–Kier alpha value is -2.21. The summed E-state index contributed by atoms with van der Waals surface area (Å²) in [6.07, 6.45) is 4.20. The molecule has 1 aliphatic rings. The standard InChI is InChI=1S/C19H23NO4S/c1-3-24-19(22)17-14-6-4-5-7-16(14)25-18(17)20-11-12-10-13(23-2)8-9-15(12)21/h8-10,20-21H,3-7,11H2,1-2H3. The zero-order chi connectivity index (χ0) is 17.8. The minimum Gasteiger partial charge on any atom is -0.508 e. The van der Waals surface area contributed by atoms with E-state index in [1.807, 2.05) is 6.92 Å². The zero-order valence-corrected chi connectivity index (χ0v) is 15.4. The van der Waals surface area contributed by atoms with Gasteiger partial charge >= 0.3 is 5.97 Å². The second-order valence-corrected chi connectivity index (χ2v) is 7.09. The van der Waals surface area contributed by atoms with Crippen LogP contribution in [0.2, 0.25) is 0 Å². The molecule has 2 aromatic rings. The summed E-state index contributed by atoms with van der Waals surface area (Å²) in [6, 6.07) is 5.12. The van der Waals surface area contributed by atoms with Crippen LogP contribution < -0.4 is 10.1 Å². The Morgan fingerprint density at radius 3 is 2.88 bits per heavy atom. The molecule has 6 heteroatoms. The van der Waals surface area contributed by atoms with E-state index in [1.54, 1.807) is 36.6 Å². The van der Waals surface area contributed by atoms with Gasteiger partial charge in [-0.1, -0.05) is 0 Å². The number of anilines is 1. The van der Waals surface area contributed by atoms with Crippen LogP contribution in [0.15, 0.2) is 18.2 Å². The van der Waals surface area contributed by atoms with Crippen molar-refractivity contribution in [1.82, 2.24) is 0 Å². The van der Waals surface area contributed by atoms with Crippen LogP contribution in [0.1, 0.15) is 46.1 Å². The quantitative estimate of drug-likeness (QED) is 0.757. The summed E-state index contributed by atoms with van der Waals surface area (Å²) in [7, 11) is 1.59. The molecule has 1 aromatic carbocycles. The van der Waals surface area contributed by atoms with Crippen molar-refractivity contribution >= 4 is 22.3 Å². The number of phenolic OH excluding ortho intramolecular Hbond substituents is 1. The molecule has 3 rings (SSSR count). The number of aryl methyl sites for hydroxylation is 1. The van der Waals surface area contributed by atoms with E-state index in [0.29, 0.717) is 24.5 Å². The molecule has 25 heavy (non-hydrogen) atoms. The molecule has 1 heterocycles. The predicted molar refractivity (Wildman–Crippen MR) is 98.9 cm³/mol. The maximum Gasteiger partial charge on any atom is 0.341 e. The highest BCUT2D eigenvalue weighted by molar-refractivity contribution is 7.16. The number of methoxy groups -OCH3 is 1. The van der Waals surface area contributed by atoms with Crippen LogP contribution in [0.3, 0.4) is 0 Å². The van der Waals surface area contributed by atoms with Crippen LogP contribution in [0.25, 0.3) is 0 Å². The Kier molecular flexibility index (Phi) is 5.48. The molecule has 0 unspecified atom stereocenters. The van der Waals surface area contributed by atoms with Crippen LogP contribution in [0.5, 0.6) is 11.5 Å². The molecule has 5 nitrogen and oxygen atoms in total. The molecule has 0 amide bonds. The Bertz CT molecular complexity index is 769. The lowest BCUT2D eigenvalue weighted by molar-refractivity contribution is 0.0526. The third kappa shape index (κ3) is 3.74. The molecule has 134 valence electrons. The second-order valence-electron chi connectivity index (χ2n) is 5.98. The first-order valence-electron chi connectivity index (χ1n) is 8.55. The van der Waals surface area contributed by atoms with Gasteiger partial charge < -0.3 is 19.9 Å². The van der Waals surface area contributed by atoms with Crippen molar-refractivity contribution < 1.29 is 19.4 Å². The fraction of sp³-hybridized carbons (Fsp3) is 0.421. The van der Waals surface area contributed by atoms with Crippen molar-refractivity contribution in [2.75, 3.05) is 19.0 Å². The highest BCUT2D eigenvalue weighted by Gasteiger charge is 2.26. The van der Waals surface area contributed by atoms with Gasteiger partial charge in [0.2, 0.25) is 0 Å². The summed E-state index contributed by atoms with van der Waals surface area (Å²) in [4.78, 5) is 13.7. The number of hydrogen-bond acceptors (Lipinski definition) is 6. The van der Waals surface area contributed by atoms with E-state index >= 15 is 0 Å². The highest BCUT2D eigenvalue weighted by atomic mass is 32.1. The molecule has 0 saturated heterocycles. The van der Waals surface area contributed by atoms with E-state index in [9.17, 15) is 9.90 Å². The summed E-state index contributed by atoms with van der Waals surface area (Å²) >= 11 is 1.63. The van der Waals surface area contributed by atoms with Gasteiger partial charge in [-0.3, -0.25) is 0 Å². The van der Waals surface area contributed by atoms with E-state index in [4.69, 9.17) is 9.47 Å². The van der Waals surface area contributed by atoms with E-state index in [2.05, 4.69) is 5.32 Å². The van der Waals surface area contributed by atoms with Gasteiger partial charge in [0.05, 0.1) is 19.3 Å². The minimum absolute atomic E-state index is 0.201. The second kappa shape index (κ2) is 7.78. The smallest absolute Gasteiger partial charge is 0.341 e. The van der Waals surface area contributed by atoms with E-state index < -0.39 is 0 Å². The molecule has 0 bridgehead atoms. The van der Waals surface area contributed by atoms with Crippen molar-refractivity contribution in [2.24, 2.45) is 0 Å². The van der Waals surface area contributed by atoms with Crippen LogP contribution >= 0.6 is 11.3 Å². The summed E-state index contributed by atoms with van der Waals surface area (Å²) < 4.78 is 10.5. The van der Waals surface area contributed by atoms with Crippen molar-refractivity contribution in [3.8, 4) is 11.5 Å². The lowest BCUT2D eigenvalue weighted by Crippen LogP contribution is -2.11. The van der Waals surface area contributed by atoms with Crippen LogP contribution in [-0.2, 0) is 24.1 Å². The van der Waals surface area contributed by atoms with Crippen molar-refractivity contribution in [3.63, 3.8) is 0 Å². The SMILES string of the molecule is CCOC(=O)c1c(NCc2cc(OC)ccc2O)sc2c1CCCC2. The molecule has 2 N–H and O–H groups in total. The van der Waals surface area contributed by atoms with Gasteiger partial charge in [0.25, 0.3) is 0 Å². The molecule has 1 aliphatic carbocycles. The number of ether oxygens (including phenoxy) is 2. The van der Waals surface area contributed by atoms with Gasteiger partial charge in [-0.05, 0) is 56.4 Å². The maximum absolute atomic E-state index is 12.5. The number of rotatable bonds is 6. The third-order valence-corrected chi connectivity index (χ3v) is 5.63. The number of aromatic hydroxyl groups is 1. The molecule has 0 spiro atoms. The molecule has 1 aromatic heterocycles. The van der Waals surface area contributed by atoms with Crippen molar-refractivity contribution in [2.45, 2.75) is 39.2 Å². The Morgan fingerprint density at radius 1 is 1.32 bits per heavy atom. The predicted octanol–water partition coefficient (Wildman–Crippen LogP) is 4.13. The van der Waals surface area contributed by atoms with E-state index in [-0.39, 0.29) is 11.7 Å². The molecule has 0 saturated carbocycles. The Balaban J connectivity index is 1.87. The van der Waals surface area contributed by atoms with Crippen molar-refractivity contribution in [1.29, 1.82) is 0 Å². The minimum atomic E-state index is -0.265. The summed E-state index contributed by atoms with van der Waals surface area (Å²) in [5.41, 5.74) is 2.52. The normalized spacial score (nSPS) is 13.2. The first kappa shape index (κ1) is 17.6. The van der Waals surface area contributed by atoms with Gasteiger partial charge in [-0.2, -0.15) is 0 Å². The average Bonchev–Trinajstić information content (AvgIpc) is 2.99. The molecule has 0 aliphatic heterocycles. The number of nitrogens with one attached hydrogen (secondary N) is 1. The number of carbonyl (C=O) groups excluding carboxylic acids is 1. The highest BCUT2D eigenvalue weighted by Crippen LogP contribution is 2.39. The topological polar surface area (TPSA) is 67.8 Å². The lowest BCUT2D eigenvalue weighted by atomic mass is 9.95. The Morgan fingerprint density at radius 2 is 2.12 bits per heavy atom. The molecular weight excluding hydrogens is 338 g/mol. The first-order valence-corrected chi connectivity index (χ1v) is 9.37. The summed E-state index contributed by atoms with van der Waals surface area (Å²) in [5.74, 6) is 0.622. The lowest BCUT2D eigenvalue weighted by Gasteiger charge is -2.13. The van der Waals surface area contributed by atoms with E-state index in [0.717, 1.165) is 41.8 Å². The maximum atomic E-state index is 12.5. The van der Waals surface area contributed by atoms with Gasteiger partial charge in [0, 0.05) is 17.0 Å². The van der Waals surface area contributed by atoms with Crippen LogP contribution in [0.4, 0.5) is 5.00 Å². The molecule has 0 fully saturated rings. The van der Waals surface area contributed by atoms with Gasteiger partial charge in [-0.25, -0.2) is 4.79 Å². The zero-order valence-electron chi connectivity index (χ0n) is 14.6. The van der Waals surface area contributed by atoms with Crippen LogP contribution in [0, 0.1) is 0 Å². The van der Waals surface area contributed by atoms with Gasteiger partial charge in [0.1, 0.15) is 16.5 Å². The number of hydrogen-bond donors (Lipinski definition) is 2. The number of carbonyl (C=O) groups is 1.